The molecule has 1 aromatic carbocycles. The zero-order chi connectivity index (χ0) is 12.9. The Morgan fingerprint density at radius 2 is 1.94 bits per heavy atom. The minimum Gasteiger partial charge on any atom is -0.258 e. The molecule has 5 heteroatoms. The Bertz CT molecular complexity index is 458. The normalized spacial score (nSPS) is 10.5. The lowest BCUT2D eigenvalue weighted by molar-refractivity contribution is -0.384. The number of hydrogen-bond acceptors (Lipinski definition) is 2. The molecule has 0 atom stereocenters. The molecular weight excluding hydrogens is 228 g/mol. The second-order valence-electron chi connectivity index (χ2n) is 3.49. The third kappa shape index (κ3) is 4.19. The van der Waals surface area contributed by atoms with E-state index in [2.05, 4.69) is 11.8 Å². The number of nitro benzene ring substituents is 1. The number of nitro groups is 1. The van der Waals surface area contributed by atoms with E-state index >= 15 is 0 Å². The lowest BCUT2D eigenvalue weighted by atomic mass is 10.1. The van der Waals surface area contributed by atoms with Gasteiger partial charge in [0.1, 0.15) is 0 Å². The summed E-state index contributed by atoms with van der Waals surface area (Å²) in [5, 5.41) is 10.4. The van der Waals surface area contributed by atoms with Gasteiger partial charge >= 0.3 is 0 Å². The molecule has 0 bridgehead atoms. The van der Waals surface area contributed by atoms with Gasteiger partial charge < -0.3 is 0 Å². The second-order valence-corrected chi connectivity index (χ2v) is 3.49. The molecule has 1 rings (SSSR count). The summed E-state index contributed by atoms with van der Waals surface area (Å²) < 4.78 is 25.7. The van der Waals surface area contributed by atoms with Crippen LogP contribution in [-0.4, -0.2) is 10.8 Å². The summed E-state index contributed by atoms with van der Waals surface area (Å²) in [5.74, 6) is 2.15. The molecule has 0 saturated carbocycles. The fourth-order valence-corrected chi connectivity index (χ4v) is 1.07. The molecule has 0 aliphatic carbocycles. The highest BCUT2D eigenvalue weighted by Gasteiger charge is 2.24. The number of non-ortho nitro benzene ring substituents is 1. The summed E-state index contributed by atoms with van der Waals surface area (Å²) in [5.41, 5.74) is 0.442. The second kappa shape index (κ2) is 5.39. The molecule has 0 spiro atoms. The van der Waals surface area contributed by atoms with Crippen LogP contribution in [0.4, 0.5) is 14.5 Å². The Balaban J connectivity index is 2.70. The molecule has 3 nitrogen and oxygen atoms in total. The van der Waals surface area contributed by atoms with E-state index in [1.54, 1.807) is 0 Å². The first-order valence-electron chi connectivity index (χ1n) is 5.06. The van der Waals surface area contributed by atoms with Gasteiger partial charge in [-0.2, -0.15) is 0 Å². The molecule has 0 aromatic heterocycles. The fourth-order valence-electron chi connectivity index (χ4n) is 1.07. The average Bonchev–Trinajstić information content (AvgIpc) is 2.29. The zero-order valence-electron chi connectivity index (χ0n) is 9.24. The maximum atomic E-state index is 12.8. The van der Waals surface area contributed by atoms with E-state index in [0.29, 0.717) is 5.56 Å². The summed E-state index contributed by atoms with van der Waals surface area (Å²) in [6.45, 7) is 1.40. The first-order chi connectivity index (χ1) is 7.94. The fraction of sp³-hybridized carbons (Fsp3) is 0.333. The SMILES string of the molecule is CCC(F)(F)CC#Cc1ccc([N+](=O)[O-])cc1. The maximum Gasteiger partial charge on any atom is 0.269 e. The van der Waals surface area contributed by atoms with Crippen LogP contribution >= 0.6 is 0 Å². The first kappa shape index (κ1) is 13.1. The summed E-state index contributed by atoms with van der Waals surface area (Å²) in [7, 11) is 0. The molecule has 0 saturated heterocycles. The van der Waals surface area contributed by atoms with E-state index in [4.69, 9.17) is 0 Å². The van der Waals surface area contributed by atoms with Crippen molar-refractivity contribution in [1.29, 1.82) is 0 Å². The third-order valence-corrected chi connectivity index (χ3v) is 2.18. The topological polar surface area (TPSA) is 43.1 Å². The lowest BCUT2D eigenvalue weighted by Crippen LogP contribution is -2.12. The van der Waals surface area contributed by atoms with Gasteiger partial charge in [0, 0.05) is 24.1 Å². The number of hydrogen-bond donors (Lipinski definition) is 0. The van der Waals surface area contributed by atoms with Gasteiger partial charge in [-0.1, -0.05) is 18.8 Å². The van der Waals surface area contributed by atoms with Crippen molar-refractivity contribution < 1.29 is 13.7 Å². The Hall–Kier alpha value is -1.96. The van der Waals surface area contributed by atoms with E-state index in [9.17, 15) is 18.9 Å². The van der Waals surface area contributed by atoms with Crippen LogP contribution in [0, 0.1) is 22.0 Å². The van der Waals surface area contributed by atoms with Crippen molar-refractivity contribution in [2.75, 3.05) is 0 Å². The van der Waals surface area contributed by atoms with Crippen LogP contribution in [0.1, 0.15) is 25.3 Å². The van der Waals surface area contributed by atoms with Crippen molar-refractivity contribution >= 4 is 5.69 Å². The highest BCUT2D eigenvalue weighted by Crippen LogP contribution is 2.21. The van der Waals surface area contributed by atoms with Crippen LogP contribution in [0.15, 0.2) is 24.3 Å². The molecule has 0 heterocycles. The molecular formula is C12H11F2NO2. The van der Waals surface area contributed by atoms with E-state index < -0.39 is 17.3 Å². The predicted octanol–water partition coefficient (Wildman–Crippen LogP) is 3.38. The third-order valence-electron chi connectivity index (χ3n) is 2.18. The van der Waals surface area contributed by atoms with Crippen LogP contribution in [0.5, 0.6) is 0 Å². The molecule has 0 N–H and O–H groups in total. The van der Waals surface area contributed by atoms with E-state index in [1.807, 2.05) is 0 Å². The van der Waals surface area contributed by atoms with Crippen LogP contribution in [-0.2, 0) is 0 Å². The van der Waals surface area contributed by atoms with Crippen LogP contribution in [0.2, 0.25) is 0 Å². The van der Waals surface area contributed by atoms with Gasteiger partial charge in [0.05, 0.1) is 11.3 Å². The molecule has 17 heavy (non-hydrogen) atoms. The number of halogens is 2. The number of nitrogens with zero attached hydrogens (tertiary/aromatic N) is 1. The maximum absolute atomic E-state index is 12.8. The average molecular weight is 239 g/mol. The Morgan fingerprint density at radius 1 is 1.35 bits per heavy atom. The lowest BCUT2D eigenvalue weighted by Gasteiger charge is -2.08. The van der Waals surface area contributed by atoms with Crippen molar-refractivity contribution in [3.05, 3.63) is 39.9 Å². The van der Waals surface area contributed by atoms with Crippen molar-refractivity contribution in [3.8, 4) is 11.8 Å². The molecule has 0 aliphatic heterocycles. The minimum atomic E-state index is -2.77. The largest absolute Gasteiger partial charge is 0.269 e. The number of rotatable bonds is 3. The molecule has 0 amide bonds. The van der Waals surface area contributed by atoms with Crippen LogP contribution in [0.25, 0.3) is 0 Å². The Kier molecular flexibility index (Phi) is 4.16. The molecule has 1 aromatic rings. The first-order valence-corrected chi connectivity index (χ1v) is 5.06. The van der Waals surface area contributed by atoms with Crippen molar-refractivity contribution in [3.63, 3.8) is 0 Å². The molecule has 0 unspecified atom stereocenters. The van der Waals surface area contributed by atoms with Crippen molar-refractivity contribution in [2.24, 2.45) is 0 Å². The van der Waals surface area contributed by atoms with Crippen LogP contribution in [0.3, 0.4) is 0 Å². The van der Waals surface area contributed by atoms with E-state index in [-0.39, 0.29) is 12.1 Å². The van der Waals surface area contributed by atoms with Crippen molar-refractivity contribution in [2.45, 2.75) is 25.7 Å². The standard InChI is InChI=1S/C12H11F2NO2/c1-2-12(13,14)9-3-4-10-5-7-11(8-6-10)15(16)17/h5-8H,2,9H2,1H3. The van der Waals surface area contributed by atoms with E-state index in [1.165, 1.54) is 31.2 Å². The molecule has 90 valence electrons. The van der Waals surface area contributed by atoms with Gasteiger partial charge in [0.2, 0.25) is 0 Å². The summed E-state index contributed by atoms with van der Waals surface area (Å²) in [4.78, 5) is 9.84. The highest BCUT2D eigenvalue weighted by atomic mass is 19.3. The predicted molar refractivity (Wildman–Crippen MR) is 59.8 cm³/mol. The quantitative estimate of drug-likeness (QED) is 0.461. The van der Waals surface area contributed by atoms with Gasteiger partial charge in [-0.25, -0.2) is 8.78 Å². The number of alkyl halides is 2. The summed E-state index contributed by atoms with van der Waals surface area (Å²) in [6, 6.07) is 5.47. The van der Waals surface area contributed by atoms with Crippen molar-refractivity contribution in [1.82, 2.24) is 0 Å². The Morgan fingerprint density at radius 3 is 2.41 bits per heavy atom. The molecule has 0 aliphatic rings. The van der Waals surface area contributed by atoms with Crippen LogP contribution < -0.4 is 0 Å². The smallest absolute Gasteiger partial charge is 0.258 e. The van der Waals surface area contributed by atoms with Gasteiger partial charge in [-0.15, -0.1) is 0 Å². The molecule has 0 fully saturated rings. The monoisotopic (exact) mass is 239 g/mol. The summed E-state index contributed by atoms with van der Waals surface area (Å²) in [6.07, 6.45) is -0.748. The molecule has 0 radical (unpaired) electrons. The summed E-state index contributed by atoms with van der Waals surface area (Å²) >= 11 is 0. The number of benzene rings is 1. The highest BCUT2D eigenvalue weighted by molar-refractivity contribution is 5.41. The van der Waals surface area contributed by atoms with Gasteiger partial charge in [0.15, 0.2) is 0 Å². The van der Waals surface area contributed by atoms with Gasteiger partial charge in [0.25, 0.3) is 11.6 Å². The Labute approximate surface area is 97.6 Å². The van der Waals surface area contributed by atoms with E-state index in [0.717, 1.165) is 0 Å². The van der Waals surface area contributed by atoms with Gasteiger partial charge in [-0.3, -0.25) is 10.1 Å². The van der Waals surface area contributed by atoms with Gasteiger partial charge in [-0.05, 0) is 12.1 Å². The zero-order valence-corrected chi connectivity index (χ0v) is 9.24. The minimum absolute atomic E-state index is 0.0468.